The largest absolute Gasteiger partial charge is 0.415 e. The molecule has 0 aliphatic carbocycles. The number of aromatic nitrogens is 3. The van der Waals surface area contributed by atoms with Crippen LogP contribution in [0.5, 0.6) is 0 Å². The molecule has 0 saturated carbocycles. The number of halogens is 2. The Balaban J connectivity index is 1.70. The molecule has 1 fully saturated rings. The van der Waals surface area contributed by atoms with Crippen molar-refractivity contribution in [3.05, 3.63) is 34.6 Å². The third kappa shape index (κ3) is 3.31. The minimum atomic E-state index is -2.82. The van der Waals surface area contributed by atoms with Gasteiger partial charge in [-0.2, -0.15) is 8.78 Å². The number of hydrogen-bond donors (Lipinski definition) is 0. The Bertz CT molecular complexity index is 735. The van der Waals surface area contributed by atoms with E-state index in [9.17, 15) is 13.6 Å². The third-order valence-corrected chi connectivity index (χ3v) is 4.04. The molecule has 1 aliphatic rings. The van der Waals surface area contributed by atoms with Crippen LogP contribution in [0, 0.1) is 5.92 Å². The molecule has 2 aromatic rings. The molecule has 1 saturated heterocycles. The summed E-state index contributed by atoms with van der Waals surface area (Å²) in [4.78, 5) is 14.5. The number of rotatable bonds is 5. The molecule has 0 N–H and O–H groups in total. The number of alkyl halides is 2. The highest BCUT2D eigenvalue weighted by molar-refractivity contribution is 5.50. The minimum absolute atomic E-state index is 0.0702. The fraction of sp³-hybridized carbons (Fsp3) is 0.533. The maximum absolute atomic E-state index is 12.5. The molecule has 0 spiro atoms. The van der Waals surface area contributed by atoms with Gasteiger partial charge in [-0.15, -0.1) is 10.2 Å². The second-order valence-electron chi connectivity index (χ2n) is 6.07. The van der Waals surface area contributed by atoms with Crippen molar-refractivity contribution >= 4 is 0 Å². The van der Waals surface area contributed by atoms with Gasteiger partial charge >= 0.3 is 6.43 Å². The lowest BCUT2D eigenvalue weighted by atomic mass is 9.98. The Hall–Kier alpha value is -2.09. The van der Waals surface area contributed by atoms with Crippen molar-refractivity contribution in [3.63, 3.8) is 0 Å². The van der Waals surface area contributed by atoms with Crippen LogP contribution in [0.25, 0.3) is 11.5 Å². The molecular formula is C15H18F2N4O2. The number of nitrogens with zero attached hydrogens (tertiary/aromatic N) is 4. The molecule has 3 heterocycles. The van der Waals surface area contributed by atoms with Crippen LogP contribution in [0.4, 0.5) is 8.78 Å². The van der Waals surface area contributed by atoms with E-state index in [2.05, 4.69) is 28.9 Å². The van der Waals surface area contributed by atoms with Crippen molar-refractivity contribution in [2.24, 2.45) is 5.92 Å². The van der Waals surface area contributed by atoms with E-state index in [1.165, 1.54) is 6.07 Å². The van der Waals surface area contributed by atoms with Crippen LogP contribution in [0.3, 0.4) is 0 Å². The minimum Gasteiger partial charge on any atom is -0.415 e. The van der Waals surface area contributed by atoms with Crippen LogP contribution in [-0.4, -0.2) is 38.8 Å². The summed E-state index contributed by atoms with van der Waals surface area (Å²) in [5, 5.41) is 6.80. The van der Waals surface area contributed by atoms with Crippen LogP contribution in [0.1, 0.15) is 26.2 Å². The second kappa shape index (κ2) is 6.19. The van der Waals surface area contributed by atoms with Crippen LogP contribution in [0.15, 0.2) is 27.5 Å². The van der Waals surface area contributed by atoms with Gasteiger partial charge in [0, 0.05) is 49.4 Å². The first-order valence-electron chi connectivity index (χ1n) is 7.50. The van der Waals surface area contributed by atoms with Crippen molar-refractivity contribution in [1.29, 1.82) is 0 Å². The monoisotopic (exact) mass is 324 g/mol. The van der Waals surface area contributed by atoms with E-state index in [0.717, 1.165) is 13.1 Å². The van der Waals surface area contributed by atoms with Gasteiger partial charge in [-0.1, -0.05) is 0 Å². The zero-order chi connectivity index (χ0) is 16.6. The van der Waals surface area contributed by atoms with Crippen molar-refractivity contribution < 1.29 is 13.2 Å². The lowest BCUT2D eigenvalue weighted by Gasteiger charge is -2.42. The van der Waals surface area contributed by atoms with Gasteiger partial charge in [-0.3, -0.25) is 4.79 Å². The van der Waals surface area contributed by atoms with Gasteiger partial charge in [0.25, 0.3) is 11.4 Å². The van der Waals surface area contributed by atoms with Crippen molar-refractivity contribution in [1.82, 2.24) is 19.7 Å². The molecule has 3 rings (SSSR count). The van der Waals surface area contributed by atoms with Crippen molar-refractivity contribution in [2.45, 2.75) is 32.9 Å². The molecular weight excluding hydrogens is 306 g/mol. The molecule has 0 amide bonds. The summed E-state index contributed by atoms with van der Waals surface area (Å²) in [5.41, 5.74) is 0.144. The molecule has 2 aromatic heterocycles. The fourth-order valence-electron chi connectivity index (χ4n) is 2.66. The average molecular weight is 324 g/mol. The molecule has 6 nitrogen and oxygen atoms in total. The van der Waals surface area contributed by atoms with Gasteiger partial charge in [0.1, 0.15) is 0 Å². The molecule has 0 radical (unpaired) electrons. The SMILES string of the molecule is CC(C)N1CC(Cn2ccc(-c3nnc(C(F)F)o3)cc2=O)C1. The highest BCUT2D eigenvalue weighted by atomic mass is 19.3. The van der Waals surface area contributed by atoms with E-state index in [0.29, 0.717) is 24.1 Å². The quantitative estimate of drug-likeness (QED) is 0.843. The molecule has 1 aliphatic heterocycles. The predicted molar refractivity (Wildman–Crippen MR) is 79.2 cm³/mol. The summed E-state index contributed by atoms with van der Waals surface area (Å²) in [6.07, 6.45) is -1.18. The van der Waals surface area contributed by atoms with E-state index >= 15 is 0 Å². The first-order chi connectivity index (χ1) is 10.9. The summed E-state index contributed by atoms with van der Waals surface area (Å²) in [5.74, 6) is -0.360. The Morgan fingerprint density at radius 3 is 2.65 bits per heavy atom. The number of likely N-dealkylation sites (tertiary alicyclic amines) is 1. The summed E-state index contributed by atoms with van der Waals surface area (Å²) < 4.78 is 31.4. The molecule has 0 bridgehead atoms. The average Bonchev–Trinajstić information content (AvgIpc) is 2.93. The van der Waals surface area contributed by atoms with Crippen molar-refractivity contribution in [3.8, 4) is 11.5 Å². The maximum Gasteiger partial charge on any atom is 0.314 e. The Morgan fingerprint density at radius 2 is 2.09 bits per heavy atom. The summed E-state index contributed by atoms with van der Waals surface area (Å²) in [6, 6.07) is 3.48. The summed E-state index contributed by atoms with van der Waals surface area (Å²) >= 11 is 0. The van der Waals surface area contributed by atoms with Gasteiger partial charge < -0.3 is 13.9 Å². The molecule has 23 heavy (non-hydrogen) atoms. The van der Waals surface area contributed by atoms with E-state index in [-0.39, 0.29) is 11.4 Å². The highest BCUT2D eigenvalue weighted by Crippen LogP contribution is 2.23. The van der Waals surface area contributed by atoms with E-state index in [4.69, 9.17) is 4.42 Å². The zero-order valence-electron chi connectivity index (χ0n) is 12.9. The normalized spacial score (nSPS) is 16.3. The lowest BCUT2D eigenvalue weighted by molar-refractivity contribution is 0.0570. The molecule has 0 aromatic carbocycles. The van der Waals surface area contributed by atoms with E-state index in [1.807, 2.05) is 0 Å². The van der Waals surface area contributed by atoms with Gasteiger partial charge in [0.05, 0.1) is 0 Å². The maximum atomic E-state index is 12.5. The standard InChI is InChI=1S/C15H18F2N4O2/c1-9(2)21-7-10(8-21)6-20-4-3-11(5-12(20)22)14-18-19-15(23-14)13(16)17/h3-5,9-10,13H,6-8H2,1-2H3. The topological polar surface area (TPSA) is 64.2 Å². The molecule has 8 heteroatoms. The van der Waals surface area contributed by atoms with Crippen molar-refractivity contribution in [2.75, 3.05) is 13.1 Å². The Kier molecular flexibility index (Phi) is 4.25. The first kappa shape index (κ1) is 15.8. The molecule has 124 valence electrons. The fourth-order valence-corrected chi connectivity index (χ4v) is 2.66. The molecule has 0 unspecified atom stereocenters. The Labute approximate surface area is 131 Å². The van der Waals surface area contributed by atoms with Gasteiger partial charge in [-0.05, 0) is 19.9 Å². The molecule has 0 atom stereocenters. The number of pyridine rings is 1. The summed E-state index contributed by atoms with van der Waals surface area (Å²) in [7, 11) is 0. The van der Waals surface area contributed by atoms with E-state index in [1.54, 1.807) is 16.8 Å². The van der Waals surface area contributed by atoms with Crippen LogP contribution in [0.2, 0.25) is 0 Å². The zero-order valence-corrected chi connectivity index (χ0v) is 12.9. The van der Waals surface area contributed by atoms with Gasteiger partial charge in [0.2, 0.25) is 5.89 Å². The van der Waals surface area contributed by atoms with E-state index < -0.39 is 12.3 Å². The lowest BCUT2D eigenvalue weighted by Crippen LogP contribution is -2.52. The van der Waals surface area contributed by atoms with Crippen LogP contribution in [-0.2, 0) is 6.54 Å². The third-order valence-electron chi connectivity index (χ3n) is 4.04. The van der Waals surface area contributed by atoms with Crippen LogP contribution >= 0.6 is 0 Å². The smallest absolute Gasteiger partial charge is 0.314 e. The highest BCUT2D eigenvalue weighted by Gasteiger charge is 2.28. The van der Waals surface area contributed by atoms with Gasteiger partial charge in [0.15, 0.2) is 0 Å². The van der Waals surface area contributed by atoms with Gasteiger partial charge in [-0.25, -0.2) is 0 Å². The predicted octanol–water partition coefficient (Wildman–Crippen LogP) is 2.18. The summed E-state index contributed by atoms with van der Waals surface area (Å²) in [6.45, 7) is 6.90. The number of hydrogen-bond acceptors (Lipinski definition) is 5. The first-order valence-corrected chi connectivity index (χ1v) is 7.50. The van der Waals surface area contributed by atoms with Crippen LogP contribution < -0.4 is 5.56 Å². The second-order valence-corrected chi connectivity index (χ2v) is 6.07. The Morgan fingerprint density at radius 1 is 1.35 bits per heavy atom.